The molecule has 0 aromatic heterocycles. The second kappa shape index (κ2) is 3.31. The SMILES string of the molecule is COC(=O)c1cccc2c1OC[C@@H]2N. The predicted octanol–water partition coefficient (Wildman–Crippen LogP) is 0.865. The van der Waals surface area contributed by atoms with Gasteiger partial charge in [0.05, 0.1) is 13.2 Å². The van der Waals surface area contributed by atoms with E-state index in [0.717, 1.165) is 5.56 Å². The number of rotatable bonds is 1. The molecule has 0 bridgehead atoms. The van der Waals surface area contributed by atoms with Gasteiger partial charge in [-0.1, -0.05) is 12.1 Å². The minimum atomic E-state index is -0.393. The van der Waals surface area contributed by atoms with Gasteiger partial charge in [0.15, 0.2) is 0 Å². The molecular formula is C10H11NO3. The Morgan fingerprint density at radius 3 is 3.14 bits per heavy atom. The van der Waals surface area contributed by atoms with Crippen LogP contribution in [0.3, 0.4) is 0 Å². The number of methoxy groups -OCH3 is 1. The van der Waals surface area contributed by atoms with Gasteiger partial charge in [0.25, 0.3) is 0 Å². The van der Waals surface area contributed by atoms with Crippen LogP contribution in [0.15, 0.2) is 18.2 Å². The molecule has 1 aliphatic heterocycles. The van der Waals surface area contributed by atoms with Gasteiger partial charge in [0, 0.05) is 5.56 Å². The number of nitrogens with two attached hydrogens (primary N) is 1. The molecular weight excluding hydrogens is 182 g/mol. The topological polar surface area (TPSA) is 61.5 Å². The largest absolute Gasteiger partial charge is 0.490 e. The summed E-state index contributed by atoms with van der Waals surface area (Å²) in [6.45, 7) is 0.420. The van der Waals surface area contributed by atoms with Gasteiger partial charge in [0.1, 0.15) is 17.9 Å². The molecule has 1 aliphatic rings. The minimum absolute atomic E-state index is 0.144. The van der Waals surface area contributed by atoms with Crippen molar-refractivity contribution in [3.63, 3.8) is 0 Å². The van der Waals surface area contributed by atoms with E-state index in [0.29, 0.717) is 17.9 Å². The second-order valence-electron chi connectivity index (χ2n) is 3.13. The maximum atomic E-state index is 11.3. The summed E-state index contributed by atoms with van der Waals surface area (Å²) in [5.41, 5.74) is 7.09. The average Bonchev–Trinajstić information content (AvgIpc) is 2.59. The quantitative estimate of drug-likeness (QED) is 0.672. The highest BCUT2D eigenvalue weighted by molar-refractivity contribution is 5.93. The van der Waals surface area contributed by atoms with Crippen molar-refractivity contribution in [1.29, 1.82) is 0 Å². The first-order valence-electron chi connectivity index (χ1n) is 4.33. The van der Waals surface area contributed by atoms with Gasteiger partial charge in [-0.05, 0) is 6.07 Å². The summed E-state index contributed by atoms with van der Waals surface area (Å²) < 4.78 is 9.98. The number of ether oxygens (including phenoxy) is 2. The standard InChI is InChI=1S/C10H11NO3/c1-13-10(12)7-4-2-3-6-8(11)5-14-9(6)7/h2-4,8H,5,11H2,1H3/t8-/m0/s1. The molecule has 14 heavy (non-hydrogen) atoms. The summed E-state index contributed by atoms with van der Waals surface area (Å²) >= 11 is 0. The van der Waals surface area contributed by atoms with Crippen molar-refractivity contribution >= 4 is 5.97 Å². The number of benzene rings is 1. The molecule has 0 radical (unpaired) electrons. The lowest BCUT2D eigenvalue weighted by atomic mass is 10.1. The van der Waals surface area contributed by atoms with Gasteiger partial charge >= 0.3 is 5.97 Å². The Morgan fingerprint density at radius 2 is 2.43 bits per heavy atom. The van der Waals surface area contributed by atoms with Crippen molar-refractivity contribution in [2.45, 2.75) is 6.04 Å². The number of hydrogen-bond donors (Lipinski definition) is 1. The number of carbonyl (C=O) groups is 1. The lowest BCUT2D eigenvalue weighted by molar-refractivity contribution is 0.0597. The van der Waals surface area contributed by atoms with E-state index in [1.807, 2.05) is 6.07 Å². The summed E-state index contributed by atoms with van der Waals surface area (Å²) in [6, 6.07) is 5.16. The smallest absolute Gasteiger partial charge is 0.341 e. The molecule has 0 spiro atoms. The first-order valence-corrected chi connectivity index (χ1v) is 4.33. The Labute approximate surface area is 81.6 Å². The van der Waals surface area contributed by atoms with Crippen LogP contribution < -0.4 is 10.5 Å². The fraction of sp³-hybridized carbons (Fsp3) is 0.300. The van der Waals surface area contributed by atoms with Crippen LogP contribution in [0.2, 0.25) is 0 Å². The lowest BCUT2D eigenvalue weighted by Crippen LogP contribution is -2.10. The van der Waals surface area contributed by atoms with Gasteiger partial charge in [0.2, 0.25) is 0 Å². The van der Waals surface area contributed by atoms with E-state index in [2.05, 4.69) is 4.74 Å². The molecule has 1 aromatic rings. The third-order valence-electron chi connectivity index (χ3n) is 2.26. The van der Waals surface area contributed by atoms with Gasteiger partial charge in [-0.25, -0.2) is 4.79 Å². The lowest BCUT2D eigenvalue weighted by Gasteiger charge is -2.05. The molecule has 0 saturated carbocycles. The number of hydrogen-bond acceptors (Lipinski definition) is 4. The average molecular weight is 193 g/mol. The maximum Gasteiger partial charge on any atom is 0.341 e. The van der Waals surface area contributed by atoms with Crippen LogP contribution in [0, 0.1) is 0 Å². The van der Waals surface area contributed by atoms with Crippen LogP contribution in [0.5, 0.6) is 5.75 Å². The zero-order valence-electron chi connectivity index (χ0n) is 7.82. The van der Waals surface area contributed by atoms with Crippen LogP contribution in [-0.2, 0) is 4.74 Å². The van der Waals surface area contributed by atoms with Crippen molar-refractivity contribution in [2.75, 3.05) is 13.7 Å². The molecule has 0 aliphatic carbocycles. The summed E-state index contributed by atoms with van der Waals surface area (Å²) in [6.07, 6.45) is 0. The number of esters is 1. The van der Waals surface area contributed by atoms with Gasteiger partial charge in [-0.2, -0.15) is 0 Å². The van der Waals surface area contributed by atoms with E-state index in [-0.39, 0.29) is 6.04 Å². The van der Waals surface area contributed by atoms with E-state index >= 15 is 0 Å². The van der Waals surface area contributed by atoms with Crippen molar-refractivity contribution < 1.29 is 14.3 Å². The van der Waals surface area contributed by atoms with Crippen molar-refractivity contribution in [3.8, 4) is 5.75 Å². The molecule has 1 atom stereocenters. The third-order valence-corrected chi connectivity index (χ3v) is 2.26. The molecule has 0 fully saturated rings. The first kappa shape index (κ1) is 9.02. The Balaban J connectivity index is 2.49. The molecule has 1 aromatic carbocycles. The number of carbonyl (C=O) groups excluding carboxylic acids is 1. The maximum absolute atomic E-state index is 11.3. The highest BCUT2D eigenvalue weighted by atomic mass is 16.5. The molecule has 0 unspecified atom stereocenters. The van der Waals surface area contributed by atoms with Crippen molar-refractivity contribution in [3.05, 3.63) is 29.3 Å². The predicted molar refractivity (Wildman–Crippen MR) is 50.2 cm³/mol. The molecule has 2 rings (SSSR count). The highest BCUT2D eigenvalue weighted by Crippen LogP contribution is 2.34. The summed E-state index contributed by atoms with van der Waals surface area (Å²) in [4.78, 5) is 11.3. The molecule has 2 N–H and O–H groups in total. The Bertz CT molecular complexity index is 376. The van der Waals surface area contributed by atoms with E-state index in [1.165, 1.54) is 7.11 Å². The van der Waals surface area contributed by atoms with Crippen LogP contribution in [0.4, 0.5) is 0 Å². The van der Waals surface area contributed by atoms with Crippen molar-refractivity contribution in [2.24, 2.45) is 5.73 Å². The molecule has 4 heteroatoms. The van der Waals surface area contributed by atoms with Crippen LogP contribution in [0.1, 0.15) is 22.0 Å². The summed E-state index contributed by atoms with van der Waals surface area (Å²) in [5.74, 6) is 0.169. The minimum Gasteiger partial charge on any atom is -0.490 e. The summed E-state index contributed by atoms with van der Waals surface area (Å²) in [7, 11) is 1.34. The second-order valence-corrected chi connectivity index (χ2v) is 3.13. The van der Waals surface area contributed by atoms with Gasteiger partial charge in [-0.15, -0.1) is 0 Å². The molecule has 0 amide bonds. The summed E-state index contributed by atoms with van der Waals surface area (Å²) in [5, 5.41) is 0. The molecule has 1 heterocycles. The Kier molecular flexibility index (Phi) is 2.13. The molecule has 4 nitrogen and oxygen atoms in total. The highest BCUT2D eigenvalue weighted by Gasteiger charge is 2.25. The van der Waals surface area contributed by atoms with E-state index in [4.69, 9.17) is 10.5 Å². The van der Waals surface area contributed by atoms with Gasteiger partial charge < -0.3 is 15.2 Å². The zero-order chi connectivity index (χ0) is 10.1. The van der Waals surface area contributed by atoms with Crippen LogP contribution in [0.25, 0.3) is 0 Å². The zero-order valence-corrected chi connectivity index (χ0v) is 7.82. The first-order chi connectivity index (χ1) is 6.74. The number of fused-ring (bicyclic) bond motifs is 1. The van der Waals surface area contributed by atoms with Crippen LogP contribution in [-0.4, -0.2) is 19.7 Å². The third kappa shape index (κ3) is 1.24. The Hall–Kier alpha value is -1.55. The number of para-hydroxylation sites is 1. The Morgan fingerprint density at radius 1 is 1.64 bits per heavy atom. The van der Waals surface area contributed by atoms with E-state index in [1.54, 1.807) is 12.1 Å². The molecule has 74 valence electrons. The fourth-order valence-corrected chi connectivity index (χ4v) is 1.54. The normalized spacial score (nSPS) is 18.6. The van der Waals surface area contributed by atoms with Gasteiger partial charge in [-0.3, -0.25) is 0 Å². The molecule has 0 saturated heterocycles. The van der Waals surface area contributed by atoms with E-state index in [9.17, 15) is 4.79 Å². The fourth-order valence-electron chi connectivity index (χ4n) is 1.54. The van der Waals surface area contributed by atoms with Crippen molar-refractivity contribution in [1.82, 2.24) is 0 Å². The van der Waals surface area contributed by atoms with E-state index < -0.39 is 5.97 Å². The monoisotopic (exact) mass is 193 g/mol. The van der Waals surface area contributed by atoms with Crippen LogP contribution >= 0.6 is 0 Å².